The Morgan fingerprint density at radius 2 is 2.22 bits per heavy atom. The fourth-order valence-electron chi connectivity index (χ4n) is 2.41. The fourth-order valence-corrected chi connectivity index (χ4v) is 2.41. The van der Waals surface area contributed by atoms with E-state index in [-0.39, 0.29) is 0 Å². The minimum atomic E-state index is 0.526. The van der Waals surface area contributed by atoms with Gasteiger partial charge in [-0.05, 0) is 32.5 Å². The molecule has 1 unspecified atom stereocenters. The van der Waals surface area contributed by atoms with Crippen LogP contribution in [0, 0.1) is 0 Å². The van der Waals surface area contributed by atoms with E-state index in [0.717, 1.165) is 44.2 Å². The van der Waals surface area contributed by atoms with Crippen LogP contribution in [-0.4, -0.2) is 49.2 Å². The van der Waals surface area contributed by atoms with Gasteiger partial charge in [0.15, 0.2) is 0 Å². The van der Waals surface area contributed by atoms with Crippen LogP contribution in [0.5, 0.6) is 0 Å². The molecule has 1 N–H and O–H groups in total. The first-order chi connectivity index (χ1) is 8.70. The number of rotatable bonds is 4. The lowest BCUT2D eigenvalue weighted by atomic mass is 10.2. The Hall–Kier alpha value is -1.29. The zero-order valence-electron chi connectivity index (χ0n) is 11.7. The molecule has 1 atom stereocenters. The molecule has 1 fully saturated rings. The highest BCUT2D eigenvalue weighted by molar-refractivity contribution is 5.48. The summed E-state index contributed by atoms with van der Waals surface area (Å²) in [5.41, 5.74) is 0. The van der Waals surface area contributed by atoms with Crippen LogP contribution in [0.2, 0.25) is 0 Å². The van der Waals surface area contributed by atoms with Gasteiger partial charge in [-0.1, -0.05) is 13.0 Å². The smallest absolute Gasteiger partial charge is 0.131 e. The zero-order valence-corrected chi connectivity index (χ0v) is 11.7. The van der Waals surface area contributed by atoms with Crippen molar-refractivity contribution in [3.05, 3.63) is 18.2 Å². The monoisotopic (exact) mass is 248 g/mol. The van der Waals surface area contributed by atoms with Gasteiger partial charge in [0, 0.05) is 32.2 Å². The van der Waals surface area contributed by atoms with Crippen LogP contribution in [-0.2, 0) is 0 Å². The van der Waals surface area contributed by atoms with E-state index in [9.17, 15) is 0 Å². The zero-order chi connectivity index (χ0) is 13.0. The summed E-state index contributed by atoms with van der Waals surface area (Å²) in [5, 5.41) is 3.35. The second-order valence-corrected chi connectivity index (χ2v) is 5.11. The van der Waals surface area contributed by atoms with Gasteiger partial charge in [-0.2, -0.15) is 0 Å². The average molecular weight is 248 g/mol. The number of aromatic nitrogens is 1. The van der Waals surface area contributed by atoms with Crippen molar-refractivity contribution < 1.29 is 0 Å². The summed E-state index contributed by atoms with van der Waals surface area (Å²) in [6.07, 6.45) is 1.12. The third-order valence-corrected chi connectivity index (χ3v) is 3.42. The average Bonchev–Trinajstić information content (AvgIpc) is 2.36. The SMILES string of the molecule is CCCNc1cccc(N2CCN(C)CC2C)n1. The molecule has 0 radical (unpaired) electrons. The number of likely N-dealkylation sites (N-methyl/N-ethyl adjacent to an activating group) is 1. The van der Waals surface area contributed by atoms with Crippen LogP contribution in [0.25, 0.3) is 0 Å². The lowest BCUT2D eigenvalue weighted by molar-refractivity contribution is 0.274. The Morgan fingerprint density at radius 1 is 1.39 bits per heavy atom. The number of pyridine rings is 1. The molecule has 1 aliphatic rings. The maximum absolute atomic E-state index is 4.71. The number of nitrogens with zero attached hydrogens (tertiary/aromatic N) is 3. The summed E-state index contributed by atoms with van der Waals surface area (Å²) in [6.45, 7) is 8.69. The molecule has 4 heteroatoms. The third-order valence-electron chi connectivity index (χ3n) is 3.42. The van der Waals surface area contributed by atoms with Gasteiger partial charge in [-0.15, -0.1) is 0 Å². The van der Waals surface area contributed by atoms with Crippen molar-refractivity contribution in [2.45, 2.75) is 26.3 Å². The van der Waals surface area contributed by atoms with Crippen LogP contribution >= 0.6 is 0 Å². The Balaban J connectivity index is 2.07. The minimum Gasteiger partial charge on any atom is -0.370 e. The molecular weight excluding hydrogens is 224 g/mol. The number of hydrogen-bond donors (Lipinski definition) is 1. The first kappa shape index (κ1) is 13.1. The quantitative estimate of drug-likeness (QED) is 0.883. The van der Waals surface area contributed by atoms with Gasteiger partial charge in [0.05, 0.1) is 0 Å². The summed E-state index contributed by atoms with van der Waals surface area (Å²) in [4.78, 5) is 9.48. The molecule has 1 aromatic heterocycles. The normalized spacial score (nSPS) is 21.1. The topological polar surface area (TPSA) is 31.4 Å². The van der Waals surface area contributed by atoms with E-state index in [4.69, 9.17) is 4.98 Å². The highest BCUT2D eigenvalue weighted by Gasteiger charge is 2.22. The number of nitrogens with one attached hydrogen (secondary N) is 1. The summed E-state index contributed by atoms with van der Waals surface area (Å²) in [6, 6.07) is 6.77. The maximum Gasteiger partial charge on any atom is 0.131 e. The lowest BCUT2D eigenvalue weighted by Gasteiger charge is -2.39. The van der Waals surface area contributed by atoms with Gasteiger partial charge in [0.1, 0.15) is 11.6 Å². The second-order valence-electron chi connectivity index (χ2n) is 5.11. The second kappa shape index (κ2) is 6.05. The van der Waals surface area contributed by atoms with Gasteiger partial charge in [-0.25, -0.2) is 4.98 Å². The Morgan fingerprint density at radius 3 is 2.94 bits per heavy atom. The molecule has 1 saturated heterocycles. The van der Waals surface area contributed by atoms with Crippen molar-refractivity contribution in [2.75, 3.05) is 43.4 Å². The van der Waals surface area contributed by atoms with Gasteiger partial charge in [0.2, 0.25) is 0 Å². The van der Waals surface area contributed by atoms with Crippen molar-refractivity contribution in [3.8, 4) is 0 Å². The minimum absolute atomic E-state index is 0.526. The first-order valence-electron chi connectivity index (χ1n) is 6.87. The fraction of sp³-hybridized carbons (Fsp3) is 0.643. The Bertz CT molecular complexity index is 380. The highest BCUT2D eigenvalue weighted by Crippen LogP contribution is 2.19. The predicted molar refractivity (Wildman–Crippen MR) is 77.3 cm³/mol. The molecule has 18 heavy (non-hydrogen) atoms. The summed E-state index contributed by atoms with van der Waals surface area (Å²) < 4.78 is 0. The largest absolute Gasteiger partial charge is 0.370 e. The third kappa shape index (κ3) is 3.13. The van der Waals surface area contributed by atoms with E-state index in [0.29, 0.717) is 6.04 Å². The summed E-state index contributed by atoms with van der Waals surface area (Å²) in [7, 11) is 2.18. The molecule has 0 amide bonds. The van der Waals surface area contributed by atoms with Crippen molar-refractivity contribution in [2.24, 2.45) is 0 Å². The molecular formula is C14H24N4. The molecule has 2 rings (SSSR count). The van der Waals surface area contributed by atoms with Gasteiger partial charge < -0.3 is 15.1 Å². The van der Waals surface area contributed by atoms with E-state index in [2.05, 4.69) is 48.1 Å². The van der Waals surface area contributed by atoms with E-state index in [1.54, 1.807) is 0 Å². The van der Waals surface area contributed by atoms with Crippen molar-refractivity contribution in [1.82, 2.24) is 9.88 Å². The highest BCUT2D eigenvalue weighted by atomic mass is 15.3. The molecule has 100 valence electrons. The predicted octanol–water partition coefficient (Wildman–Crippen LogP) is 2.04. The van der Waals surface area contributed by atoms with Gasteiger partial charge in [-0.3, -0.25) is 0 Å². The molecule has 0 bridgehead atoms. The van der Waals surface area contributed by atoms with Crippen LogP contribution in [0.15, 0.2) is 18.2 Å². The van der Waals surface area contributed by atoms with Crippen LogP contribution in [0.4, 0.5) is 11.6 Å². The molecule has 0 aromatic carbocycles. The molecule has 0 aliphatic carbocycles. The standard InChI is InChI=1S/C14H24N4/c1-4-8-15-13-6-5-7-14(16-13)18-10-9-17(3)11-12(18)2/h5-7,12H,4,8-11H2,1-3H3,(H,15,16). The Labute approximate surface area is 110 Å². The van der Waals surface area contributed by atoms with E-state index in [1.807, 2.05) is 6.07 Å². The maximum atomic E-state index is 4.71. The Kier molecular flexibility index (Phi) is 4.42. The molecule has 0 spiro atoms. The number of hydrogen-bond acceptors (Lipinski definition) is 4. The lowest BCUT2D eigenvalue weighted by Crippen LogP contribution is -2.50. The molecule has 0 saturated carbocycles. The van der Waals surface area contributed by atoms with E-state index < -0.39 is 0 Å². The van der Waals surface area contributed by atoms with Gasteiger partial charge >= 0.3 is 0 Å². The number of anilines is 2. The van der Waals surface area contributed by atoms with E-state index in [1.165, 1.54) is 0 Å². The van der Waals surface area contributed by atoms with Crippen molar-refractivity contribution in [1.29, 1.82) is 0 Å². The van der Waals surface area contributed by atoms with Gasteiger partial charge in [0.25, 0.3) is 0 Å². The summed E-state index contributed by atoms with van der Waals surface area (Å²) >= 11 is 0. The molecule has 2 heterocycles. The van der Waals surface area contributed by atoms with Crippen LogP contribution in [0.3, 0.4) is 0 Å². The van der Waals surface area contributed by atoms with Crippen LogP contribution < -0.4 is 10.2 Å². The van der Waals surface area contributed by atoms with Crippen molar-refractivity contribution >= 4 is 11.6 Å². The van der Waals surface area contributed by atoms with E-state index >= 15 is 0 Å². The molecule has 1 aliphatic heterocycles. The van der Waals surface area contributed by atoms with Crippen LogP contribution in [0.1, 0.15) is 20.3 Å². The van der Waals surface area contributed by atoms with Crippen molar-refractivity contribution in [3.63, 3.8) is 0 Å². The molecule has 1 aromatic rings. The first-order valence-corrected chi connectivity index (χ1v) is 6.87. The number of piperazine rings is 1. The molecule has 4 nitrogen and oxygen atoms in total. The summed E-state index contributed by atoms with van der Waals surface area (Å²) in [5.74, 6) is 2.08.